The summed E-state index contributed by atoms with van der Waals surface area (Å²) in [6, 6.07) is 29.6. The van der Waals surface area contributed by atoms with Crippen molar-refractivity contribution in [2.24, 2.45) is 0 Å². The predicted octanol–water partition coefficient (Wildman–Crippen LogP) is 10.3. The first-order valence-corrected chi connectivity index (χ1v) is 16.9. The number of hydrogen-bond acceptors (Lipinski definition) is 4. The quantitative estimate of drug-likeness (QED) is 0.130. The van der Waals surface area contributed by atoms with Crippen molar-refractivity contribution >= 4 is 64.2 Å². The van der Waals surface area contributed by atoms with Gasteiger partial charge >= 0.3 is 0 Å². The highest BCUT2D eigenvalue weighted by Crippen LogP contribution is 2.70. The molecule has 6 aromatic carbocycles. The fraction of sp³-hybridized carbons (Fsp3) is 0.171. The Morgan fingerprint density at radius 1 is 0.533 bits per heavy atom. The van der Waals surface area contributed by atoms with Crippen LogP contribution in [0, 0.1) is 6.92 Å². The second-order valence-corrected chi connectivity index (χ2v) is 15.0. The Balaban J connectivity index is 1.17. The van der Waals surface area contributed by atoms with Gasteiger partial charge in [-0.2, -0.15) is 0 Å². The fourth-order valence-electron chi connectivity index (χ4n) is 10.2. The maximum Gasteiger partial charge on any atom is 0.115 e. The van der Waals surface area contributed by atoms with Crippen LogP contribution in [0.1, 0.15) is 80.6 Å². The molecule has 45 heavy (non-hydrogen) atoms. The molecule has 210 valence electrons. The van der Waals surface area contributed by atoms with Crippen LogP contribution in [0.4, 0.5) is 0 Å². The van der Waals surface area contributed by atoms with Crippen LogP contribution in [0.5, 0.6) is 0 Å². The van der Waals surface area contributed by atoms with E-state index in [9.17, 15) is 0 Å². The van der Waals surface area contributed by atoms with Crippen LogP contribution in [-0.2, 0) is 14.2 Å². The highest BCUT2D eigenvalue weighted by molar-refractivity contribution is 7.26. The van der Waals surface area contributed by atoms with Crippen LogP contribution >= 0.6 is 11.3 Å². The molecule has 3 fully saturated rings. The van der Waals surface area contributed by atoms with Gasteiger partial charge < -0.3 is 14.2 Å². The molecule has 7 aliphatic rings. The van der Waals surface area contributed by atoms with Gasteiger partial charge in [-0.1, -0.05) is 66.7 Å². The van der Waals surface area contributed by atoms with E-state index in [1.165, 1.54) is 114 Å². The third-order valence-corrected chi connectivity index (χ3v) is 13.3. The third-order valence-electron chi connectivity index (χ3n) is 12.0. The van der Waals surface area contributed by atoms with E-state index in [1.807, 2.05) is 11.3 Å². The number of benzene rings is 6. The van der Waals surface area contributed by atoms with E-state index in [2.05, 4.69) is 85.8 Å². The average Bonchev–Trinajstić information content (AvgIpc) is 3.99. The predicted molar refractivity (Wildman–Crippen MR) is 178 cm³/mol. The molecule has 6 unspecified atom stereocenters. The molecule has 1 aromatic heterocycles. The molecule has 14 rings (SSSR count). The summed E-state index contributed by atoms with van der Waals surface area (Å²) in [6.45, 7) is 2.33. The highest BCUT2D eigenvalue weighted by Gasteiger charge is 2.57. The zero-order valence-corrected chi connectivity index (χ0v) is 24.9. The molecule has 4 aliphatic carbocycles. The number of rotatable bonds is 0. The Kier molecular flexibility index (Phi) is 3.34. The second-order valence-electron chi connectivity index (χ2n) is 13.9. The number of thiophene rings is 1. The summed E-state index contributed by atoms with van der Waals surface area (Å²) >= 11 is 2.01. The maximum atomic E-state index is 6.64. The molecule has 0 spiro atoms. The minimum absolute atomic E-state index is 0.107. The van der Waals surface area contributed by atoms with E-state index in [4.69, 9.17) is 14.2 Å². The van der Waals surface area contributed by atoms with Gasteiger partial charge in [0.2, 0.25) is 0 Å². The fourth-order valence-corrected chi connectivity index (χ4v) is 11.7. The molecule has 4 heterocycles. The summed E-state index contributed by atoms with van der Waals surface area (Å²) in [7, 11) is 0. The van der Waals surface area contributed by atoms with E-state index in [-0.39, 0.29) is 36.6 Å². The first-order valence-electron chi connectivity index (χ1n) is 16.1. The third kappa shape index (κ3) is 2.27. The van der Waals surface area contributed by atoms with E-state index in [0.717, 1.165) is 0 Å². The summed E-state index contributed by atoms with van der Waals surface area (Å²) < 4.78 is 22.4. The van der Waals surface area contributed by atoms with Gasteiger partial charge in [0, 0.05) is 36.9 Å². The molecule has 0 bridgehead atoms. The first-order chi connectivity index (χ1) is 22.3. The van der Waals surface area contributed by atoms with Crippen molar-refractivity contribution in [1.29, 1.82) is 0 Å². The Bertz CT molecular complexity index is 2750. The van der Waals surface area contributed by atoms with Gasteiger partial charge in [0.25, 0.3) is 0 Å². The zero-order chi connectivity index (χ0) is 28.6. The summed E-state index contributed by atoms with van der Waals surface area (Å²) in [6.07, 6.45) is 0.828. The number of epoxide rings is 3. The lowest BCUT2D eigenvalue weighted by Crippen LogP contribution is -2.08. The minimum Gasteiger partial charge on any atom is -0.359 e. The summed E-state index contributed by atoms with van der Waals surface area (Å²) in [5, 5.41) is 8.20. The largest absolute Gasteiger partial charge is 0.359 e. The lowest BCUT2D eigenvalue weighted by molar-refractivity contribution is 0.376. The van der Waals surface area contributed by atoms with Crippen molar-refractivity contribution in [1.82, 2.24) is 0 Å². The normalized spacial score (nSPS) is 27.8. The highest BCUT2D eigenvalue weighted by atomic mass is 32.1. The van der Waals surface area contributed by atoms with Gasteiger partial charge in [0.05, 0.1) is 0 Å². The van der Waals surface area contributed by atoms with Gasteiger partial charge in [-0.3, -0.25) is 0 Å². The molecule has 3 nitrogen and oxygen atoms in total. The van der Waals surface area contributed by atoms with Crippen LogP contribution in [0.25, 0.3) is 64.0 Å². The Morgan fingerprint density at radius 2 is 1.27 bits per heavy atom. The zero-order valence-electron chi connectivity index (χ0n) is 24.1. The van der Waals surface area contributed by atoms with Gasteiger partial charge in [-0.25, -0.2) is 0 Å². The van der Waals surface area contributed by atoms with Gasteiger partial charge in [-0.05, 0) is 96.2 Å². The van der Waals surface area contributed by atoms with Crippen LogP contribution in [-0.4, -0.2) is 6.10 Å². The molecule has 0 amide bonds. The van der Waals surface area contributed by atoms with Crippen LogP contribution < -0.4 is 0 Å². The van der Waals surface area contributed by atoms with Crippen LogP contribution in [0.3, 0.4) is 0 Å². The van der Waals surface area contributed by atoms with E-state index in [1.54, 1.807) is 0 Å². The topological polar surface area (TPSA) is 37.6 Å². The SMILES string of the molecule is Cc1c2c(c3sc4c5c(cc6c4c3c1C1OC61)C1OC1C1=C5c3cccc4c3c1cc1ccccc14)-c1ccccc1C1OC21. The Hall–Kier alpha value is -4.32. The standard InChI is InChI=1S/C41H22O3S/c1-15-25-30(19-9-4-5-10-20(19)34-37(25)42-34)41-33-26(15)38-35(43-38)24-14-23-31(40(45-41)32(24)33)28-21-12-6-11-18-17-8-3-2-7-16(17)13-22(27(18)21)29(28)39-36(23)44-39/h2-14,34-39H,1H3. The number of ether oxygens (including phenoxy) is 3. The molecule has 7 aromatic rings. The van der Waals surface area contributed by atoms with Gasteiger partial charge in [0.1, 0.15) is 36.6 Å². The molecule has 0 saturated carbocycles. The lowest BCUT2D eigenvalue weighted by atomic mass is 9.76. The van der Waals surface area contributed by atoms with Gasteiger partial charge in [-0.15, -0.1) is 11.3 Å². The van der Waals surface area contributed by atoms with Crippen LogP contribution in [0.15, 0.2) is 78.9 Å². The second kappa shape index (κ2) is 6.76. The van der Waals surface area contributed by atoms with E-state index in [0.29, 0.717) is 0 Å². The van der Waals surface area contributed by atoms with Crippen molar-refractivity contribution in [2.45, 2.75) is 43.5 Å². The molecule has 4 heteroatoms. The van der Waals surface area contributed by atoms with Crippen molar-refractivity contribution < 1.29 is 14.2 Å². The molecule has 3 aliphatic heterocycles. The molecule has 3 saturated heterocycles. The number of hydrogen-bond donors (Lipinski definition) is 0. The maximum absolute atomic E-state index is 6.64. The number of fused-ring (bicyclic) bond motifs is 20. The molecule has 0 radical (unpaired) electrons. The monoisotopic (exact) mass is 594 g/mol. The summed E-state index contributed by atoms with van der Waals surface area (Å²) in [5.41, 5.74) is 17.9. The van der Waals surface area contributed by atoms with Crippen molar-refractivity contribution in [3.8, 4) is 11.1 Å². The van der Waals surface area contributed by atoms with Crippen molar-refractivity contribution in [2.75, 3.05) is 0 Å². The smallest absolute Gasteiger partial charge is 0.115 e. The summed E-state index contributed by atoms with van der Waals surface area (Å²) in [5.74, 6) is 0. The summed E-state index contributed by atoms with van der Waals surface area (Å²) in [4.78, 5) is 0. The van der Waals surface area contributed by atoms with Crippen molar-refractivity contribution in [3.05, 3.63) is 129 Å². The van der Waals surface area contributed by atoms with Crippen LogP contribution in [0.2, 0.25) is 0 Å². The molecular weight excluding hydrogens is 573 g/mol. The Labute approximate surface area is 261 Å². The van der Waals surface area contributed by atoms with Crippen molar-refractivity contribution in [3.63, 3.8) is 0 Å². The molecular formula is C41H22O3S. The minimum atomic E-state index is 0.107. The van der Waals surface area contributed by atoms with Gasteiger partial charge in [0.15, 0.2) is 0 Å². The average molecular weight is 595 g/mol. The molecule has 0 N–H and O–H groups in total. The van der Waals surface area contributed by atoms with E-state index >= 15 is 0 Å². The lowest BCUT2D eigenvalue weighted by Gasteiger charge is -2.24. The molecule has 6 atom stereocenters. The Morgan fingerprint density at radius 3 is 2.22 bits per heavy atom. The van der Waals surface area contributed by atoms with E-state index < -0.39 is 0 Å². The first kappa shape index (κ1) is 22.2.